The number of amides is 1. The van der Waals surface area contributed by atoms with Crippen LogP contribution in [0.15, 0.2) is 0 Å². The molecule has 0 radical (unpaired) electrons. The van der Waals surface area contributed by atoms with Gasteiger partial charge in [0.05, 0.1) is 6.04 Å². The Morgan fingerprint density at radius 3 is 2.55 bits per heavy atom. The standard InChI is InChI=1S/C16H31N3O/c1-13(16(20)18-14-8-4-3-5-9-14)19-11-7-6-10-15(19)12-17-2/h13-15,17H,3-12H2,1-2H3,(H,18,20). The minimum atomic E-state index is 0.00979. The number of hydrogen-bond acceptors (Lipinski definition) is 3. The summed E-state index contributed by atoms with van der Waals surface area (Å²) in [5.41, 5.74) is 0. The van der Waals surface area contributed by atoms with Crippen molar-refractivity contribution in [3.05, 3.63) is 0 Å². The molecule has 4 heteroatoms. The number of hydrogen-bond donors (Lipinski definition) is 2. The second kappa shape index (κ2) is 7.99. The molecule has 1 amide bonds. The Bertz CT molecular complexity index is 300. The number of likely N-dealkylation sites (tertiary alicyclic amines) is 1. The molecule has 1 saturated heterocycles. The zero-order valence-electron chi connectivity index (χ0n) is 13.2. The largest absolute Gasteiger partial charge is 0.352 e. The third-order valence-electron chi connectivity index (χ3n) is 4.94. The SMILES string of the molecule is CNCC1CCCCN1C(C)C(=O)NC1CCCCC1. The van der Waals surface area contributed by atoms with Gasteiger partial charge in [-0.05, 0) is 46.2 Å². The lowest BCUT2D eigenvalue weighted by molar-refractivity contribution is -0.128. The first kappa shape index (κ1) is 15.8. The fraction of sp³-hybridized carbons (Fsp3) is 0.938. The molecule has 1 heterocycles. The highest BCUT2D eigenvalue weighted by molar-refractivity contribution is 5.81. The first-order chi connectivity index (χ1) is 9.72. The summed E-state index contributed by atoms with van der Waals surface area (Å²) in [4.78, 5) is 14.9. The van der Waals surface area contributed by atoms with E-state index >= 15 is 0 Å². The highest BCUT2D eigenvalue weighted by atomic mass is 16.2. The van der Waals surface area contributed by atoms with E-state index in [2.05, 4.69) is 22.5 Å². The van der Waals surface area contributed by atoms with Crippen LogP contribution in [0.4, 0.5) is 0 Å². The van der Waals surface area contributed by atoms with Gasteiger partial charge >= 0.3 is 0 Å². The van der Waals surface area contributed by atoms with E-state index in [9.17, 15) is 4.79 Å². The van der Waals surface area contributed by atoms with Crippen LogP contribution in [0, 0.1) is 0 Å². The van der Waals surface area contributed by atoms with Crippen molar-refractivity contribution in [1.29, 1.82) is 0 Å². The Morgan fingerprint density at radius 1 is 1.15 bits per heavy atom. The zero-order chi connectivity index (χ0) is 14.4. The summed E-state index contributed by atoms with van der Waals surface area (Å²) in [6, 6.07) is 0.947. The zero-order valence-corrected chi connectivity index (χ0v) is 13.2. The van der Waals surface area contributed by atoms with Gasteiger partial charge in [-0.1, -0.05) is 25.7 Å². The number of nitrogens with one attached hydrogen (secondary N) is 2. The molecule has 0 bridgehead atoms. The molecule has 4 nitrogen and oxygen atoms in total. The van der Waals surface area contributed by atoms with Gasteiger partial charge < -0.3 is 10.6 Å². The number of likely N-dealkylation sites (N-methyl/N-ethyl adjacent to an activating group) is 1. The van der Waals surface area contributed by atoms with Gasteiger partial charge in [0.1, 0.15) is 0 Å². The van der Waals surface area contributed by atoms with Crippen molar-refractivity contribution in [2.75, 3.05) is 20.1 Å². The maximum absolute atomic E-state index is 12.5. The van der Waals surface area contributed by atoms with Gasteiger partial charge in [0.15, 0.2) is 0 Å². The quantitative estimate of drug-likeness (QED) is 0.809. The average molecular weight is 281 g/mol. The fourth-order valence-corrected chi connectivity index (χ4v) is 3.71. The lowest BCUT2D eigenvalue weighted by Gasteiger charge is -2.39. The maximum atomic E-state index is 12.5. The lowest BCUT2D eigenvalue weighted by Crippen LogP contribution is -2.55. The highest BCUT2D eigenvalue weighted by Gasteiger charge is 2.30. The number of carbonyl (C=O) groups is 1. The summed E-state index contributed by atoms with van der Waals surface area (Å²) in [6.45, 7) is 4.12. The summed E-state index contributed by atoms with van der Waals surface area (Å²) in [6.07, 6.45) is 9.93. The van der Waals surface area contributed by atoms with E-state index in [-0.39, 0.29) is 11.9 Å². The molecule has 2 aliphatic rings. The molecule has 2 rings (SSSR count). The van der Waals surface area contributed by atoms with Gasteiger partial charge in [-0.2, -0.15) is 0 Å². The van der Waals surface area contributed by atoms with Crippen LogP contribution >= 0.6 is 0 Å². The Hall–Kier alpha value is -0.610. The molecule has 20 heavy (non-hydrogen) atoms. The number of nitrogens with zero attached hydrogens (tertiary/aromatic N) is 1. The Kier molecular flexibility index (Phi) is 6.30. The minimum Gasteiger partial charge on any atom is -0.352 e. The van der Waals surface area contributed by atoms with Gasteiger partial charge in [0.25, 0.3) is 0 Å². The van der Waals surface area contributed by atoms with Gasteiger partial charge in [-0.15, -0.1) is 0 Å². The smallest absolute Gasteiger partial charge is 0.237 e. The van der Waals surface area contributed by atoms with Crippen molar-refractivity contribution in [3.63, 3.8) is 0 Å². The van der Waals surface area contributed by atoms with Crippen LogP contribution in [-0.2, 0) is 4.79 Å². The topological polar surface area (TPSA) is 44.4 Å². The van der Waals surface area contributed by atoms with Crippen LogP contribution in [0.2, 0.25) is 0 Å². The van der Waals surface area contributed by atoms with Crippen molar-refractivity contribution < 1.29 is 4.79 Å². The van der Waals surface area contributed by atoms with Gasteiger partial charge in [0, 0.05) is 18.6 Å². The fourth-order valence-electron chi connectivity index (χ4n) is 3.71. The predicted octanol–water partition coefficient (Wildman–Crippen LogP) is 1.90. The molecule has 2 atom stereocenters. The van der Waals surface area contributed by atoms with Crippen molar-refractivity contribution in [2.24, 2.45) is 0 Å². The highest BCUT2D eigenvalue weighted by Crippen LogP contribution is 2.21. The molecule has 0 spiro atoms. The van der Waals surface area contributed by atoms with Crippen LogP contribution < -0.4 is 10.6 Å². The molecule has 2 N–H and O–H groups in total. The molecular formula is C16H31N3O. The van der Waals surface area contributed by atoms with Crippen molar-refractivity contribution >= 4 is 5.91 Å². The van der Waals surface area contributed by atoms with E-state index in [4.69, 9.17) is 0 Å². The molecule has 0 aromatic heterocycles. The summed E-state index contributed by atoms with van der Waals surface area (Å²) >= 11 is 0. The maximum Gasteiger partial charge on any atom is 0.237 e. The Morgan fingerprint density at radius 2 is 1.85 bits per heavy atom. The first-order valence-corrected chi connectivity index (χ1v) is 8.43. The van der Waals surface area contributed by atoms with Gasteiger partial charge in [0.2, 0.25) is 5.91 Å². The van der Waals surface area contributed by atoms with E-state index in [1.165, 1.54) is 51.4 Å². The van der Waals surface area contributed by atoms with Crippen LogP contribution in [0.5, 0.6) is 0 Å². The van der Waals surface area contributed by atoms with Crippen LogP contribution in [0.25, 0.3) is 0 Å². The van der Waals surface area contributed by atoms with Gasteiger partial charge in [-0.25, -0.2) is 0 Å². The Balaban J connectivity index is 1.86. The molecule has 0 aromatic carbocycles. The van der Waals surface area contributed by atoms with E-state index in [1.807, 2.05) is 7.05 Å². The number of carbonyl (C=O) groups excluding carboxylic acids is 1. The second-order valence-corrected chi connectivity index (χ2v) is 6.46. The summed E-state index contributed by atoms with van der Waals surface area (Å²) in [5, 5.41) is 6.55. The molecule has 2 fully saturated rings. The van der Waals surface area contributed by atoms with Crippen LogP contribution in [0.3, 0.4) is 0 Å². The molecule has 2 unspecified atom stereocenters. The van der Waals surface area contributed by atoms with E-state index in [1.54, 1.807) is 0 Å². The van der Waals surface area contributed by atoms with Crippen molar-refractivity contribution in [2.45, 2.75) is 76.4 Å². The summed E-state index contributed by atoms with van der Waals surface area (Å²) in [5.74, 6) is 0.236. The van der Waals surface area contributed by atoms with E-state index in [0.717, 1.165) is 13.1 Å². The normalized spacial score (nSPS) is 27.2. The number of rotatable bonds is 5. The molecule has 116 valence electrons. The summed E-state index contributed by atoms with van der Waals surface area (Å²) in [7, 11) is 2.00. The molecule has 1 aliphatic heterocycles. The second-order valence-electron chi connectivity index (χ2n) is 6.46. The Labute approximate surface area is 123 Å². The molecule has 0 aromatic rings. The molecule has 1 saturated carbocycles. The average Bonchev–Trinajstić information content (AvgIpc) is 2.48. The lowest BCUT2D eigenvalue weighted by atomic mass is 9.95. The first-order valence-electron chi connectivity index (χ1n) is 8.43. The minimum absolute atomic E-state index is 0.00979. The van der Waals surface area contributed by atoms with E-state index in [0.29, 0.717) is 12.1 Å². The van der Waals surface area contributed by atoms with E-state index < -0.39 is 0 Å². The van der Waals surface area contributed by atoms with Crippen molar-refractivity contribution in [1.82, 2.24) is 15.5 Å². The summed E-state index contributed by atoms with van der Waals surface area (Å²) < 4.78 is 0. The van der Waals surface area contributed by atoms with Crippen LogP contribution in [-0.4, -0.2) is 49.1 Å². The molecular weight excluding hydrogens is 250 g/mol. The third kappa shape index (κ3) is 4.19. The van der Waals surface area contributed by atoms with Gasteiger partial charge in [-0.3, -0.25) is 9.69 Å². The predicted molar refractivity (Wildman–Crippen MR) is 82.7 cm³/mol. The van der Waals surface area contributed by atoms with Crippen molar-refractivity contribution in [3.8, 4) is 0 Å². The third-order valence-corrected chi connectivity index (χ3v) is 4.94. The molecule has 1 aliphatic carbocycles. The monoisotopic (exact) mass is 281 g/mol. The number of piperidine rings is 1. The van der Waals surface area contributed by atoms with Crippen LogP contribution in [0.1, 0.15) is 58.3 Å².